The molecule has 21 heavy (non-hydrogen) atoms. The topological polar surface area (TPSA) is 24.9 Å². The molecule has 0 aliphatic heterocycles. The molecule has 114 valence electrons. The van der Waals surface area contributed by atoms with Crippen LogP contribution in [-0.4, -0.2) is 10.5 Å². The zero-order valence-electron chi connectivity index (χ0n) is 14.2. The van der Waals surface area contributed by atoms with Gasteiger partial charge in [0.15, 0.2) is 0 Å². The Morgan fingerprint density at radius 2 is 1.76 bits per heavy atom. The fourth-order valence-corrected chi connectivity index (χ4v) is 3.23. The second-order valence-corrected chi connectivity index (χ2v) is 7.81. The van der Waals surface area contributed by atoms with Gasteiger partial charge in [0.05, 0.1) is 0 Å². The van der Waals surface area contributed by atoms with Crippen LogP contribution in [-0.2, 0) is 6.42 Å². The monoisotopic (exact) mass is 284 g/mol. The van der Waals surface area contributed by atoms with Gasteiger partial charge in [-0.25, -0.2) is 4.98 Å². The van der Waals surface area contributed by atoms with Gasteiger partial charge in [-0.05, 0) is 55.2 Å². The second kappa shape index (κ2) is 5.67. The van der Waals surface area contributed by atoms with Crippen LogP contribution in [0.1, 0.15) is 53.5 Å². The Kier molecular flexibility index (Phi) is 4.27. The molecule has 2 nitrogen and oxygen atoms in total. The normalized spacial score (nSPS) is 12.7. The highest BCUT2D eigenvalue weighted by atomic mass is 15.0. The Hall–Kier alpha value is -1.57. The summed E-state index contributed by atoms with van der Waals surface area (Å²) >= 11 is 0. The molecule has 0 atom stereocenters. The lowest BCUT2D eigenvalue weighted by atomic mass is 9.82. The average Bonchev–Trinajstić information content (AvgIpc) is 2.35. The average molecular weight is 284 g/mol. The van der Waals surface area contributed by atoms with E-state index in [4.69, 9.17) is 0 Å². The van der Waals surface area contributed by atoms with E-state index in [-0.39, 0.29) is 11.0 Å². The number of rotatable bonds is 4. The number of aryl methyl sites for hydroxylation is 1. The van der Waals surface area contributed by atoms with Gasteiger partial charge in [0, 0.05) is 17.1 Å². The number of nitrogens with zero attached hydrogens (tertiary/aromatic N) is 1. The molecular weight excluding hydrogens is 256 g/mol. The summed E-state index contributed by atoms with van der Waals surface area (Å²) in [6.07, 6.45) is 4.03. The number of nitrogens with one attached hydrogen (secondary N) is 1. The van der Waals surface area contributed by atoms with Gasteiger partial charge in [0.25, 0.3) is 0 Å². The SMILES string of the molecule is CCc1ccc2ccnc(NC(C)(C)CC(C)(C)C)c2c1. The molecule has 0 unspecified atom stereocenters. The largest absolute Gasteiger partial charge is 0.365 e. The predicted octanol–water partition coefficient (Wildman–Crippen LogP) is 5.42. The Morgan fingerprint density at radius 1 is 1.05 bits per heavy atom. The third-order valence-corrected chi connectivity index (χ3v) is 3.67. The molecule has 0 aliphatic carbocycles. The Balaban J connectivity index is 2.37. The maximum Gasteiger partial charge on any atom is 0.134 e. The first-order valence-corrected chi connectivity index (χ1v) is 7.86. The number of hydrogen-bond donors (Lipinski definition) is 1. The minimum Gasteiger partial charge on any atom is -0.365 e. The molecule has 0 spiro atoms. The fraction of sp³-hybridized carbons (Fsp3) is 0.526. The number of pyridine rings is 1. The second-order valence-electron chi connectivity index (χ2n) is 7.81. The van der Waals surface area contributed by atoms with Crippen LogP contribution in [0.3, 0.4) is 0 Å². The van der Waals surface area contributed by atoms with Crippen LogP contribution in [0.25, 0.3) is 10.8 Å². The number of hydrogen-bond acceptors (Lipinski definition) is 2. The highest BCUT2D eigenvalue weighted by Crippen LogP contribution is 2.31. The molecule has 0 bridgehead atoms. The Morgan fingerprint density at radius 3 is 2.38 bits per heavy atom. The van der Waals surface area contributed by atoms with Crippen molar-refractivity contribution < 1.29 is 0 Å². The van der Waals surface area contributed by atoms with Crippen molar-refractivity contribution >= 4 is 16.6 Å². The van der Waals surface area contributed by atoms with Crippen LogP contribution < -0.4 is 5.32 Å². The van der Waals surface area contributed by atoms with Gasteiger partial charge < -0.3 is 5.32 Å². The van der Waals surface area contributed by atoms with Crippen molar-refractivity contribution in [3.05, 3.63) is 36.0 Å². The first-order chi connectivity index (χ1) is 9.70. The van der Waals surface area contributed by atoms with Crippen LogP contribution in [0.15, 0.2) is 30.5 Å². The summed E-state index contributed by atoms with van der Waals surface area (Å²) in [4.78, 5) is 4.59. The molecule has 1 aromatic heterocycles. The Bertz CT molecular complexity index is 621. The van der Waals surface area contributed by atoms with Crippen LogP contribution >= 0.6 is 0 Å². The zero-order valence-corrected chi connectivity index (χ0v) is 14.2. The van der Waals surface area contributed by atoms with Crippen molar-refractivity contribution in [2.45, 2.75) is 59.9 Å². The van der Waals surface area contributed by atoms with E-state index in [2.05, 4.69) is 76.1 Å². The first-order valence-electron chi connectivity index (χ1n) is 7.86. The standard InChI is InChI=1S/C19H28N2/c1-7-14-8-9-15-10-11-20-17(16(15)12-14)21-19(5,6)13-18(2,3)4/h8-12H,7,13H2,1-6H3,(H,20,21). The van der Waals surface area contributed by atoms with Crippen molar-refractivity contribution in [1.29, 1.82) is 0 Å². The van der Waals surface area contributed by atoms with E-state index in [9.17, 15) is 0 Å². The summed E-state index contributed by atoms with van der Waals surface area (Å²) in [7, 11) is 0. The summed E-state index contributed by atoms with van der Waals surface area (Å²) in [5, 5.41) is 6.13. The molecule has 1 aromatic carbocycles. The van der Waals surface area contributed by atoms with E-state index in [1.54, 1.807) is 0 Å². The van der Waals surface area contributed by atoms with E-state index in [1.165, 1.54) is 16.3 Å². The molecule has 1 N–H and O–H groups in total. The quantitative estimate of drug-likeness (QED) is 0.810. The lowest BCUT2D eigenvalue weighted by Gasteiger charge is -2.34. The molecule has 0 saturated carbocycles. The van der Waals surface area contributed by atoms with Crippen molar-refractivity contribution in [2.24, 2.45) is 5.41 Å². The summed E-state index contributed by atoms with van der Waals surface area (Å²) in [6.45, 7) is 13.5. The number of benzene rings is 1. The molecule has 0 saturated heterocycles. The number of aromatic nitrogens is 1. The van der Waals surface area contributed by atoms with E-state index < -0.39 is 0 Å². The smallest absolute Gasteiger partial charge is 0.134 e. The molecular formula is C19H28N2. The van der Waals surface area contributed by atoms with Gasteiger partial charge in [-0.3, -0.25) is 0 Å². The van der Waals surface area contributed by atoms with Crippen molar-refractivity contribution in [3.8, 4) is 0 Å². The van der Waals surface area contributed by atoms with E-state index in [1.807, 2.05) is 6.20 Å². The maximum atomic E-state index is 4.59. The van der Waals surface area contributed by atoms with Crippen LogP contribution in [0.4, 0.5) is 5.82 Å². The van der Waals surface area contributed by atoms with Gasteiger partial charge in [-0.15, -0.1) is 0 Å². The third-order valence-electron chi connectivity index (χ3n) is 3.67. The van der Waals surface area contributed by atoms with Gasteiger partial charge in [0.2, 0.25) is 0 Å². The minimum absolute atomic E-state index is 0.0156. The molecule has 2 heteroatoms. The molecule has 0 radical (unpaired) electrons. The number of anilines is 1. The van der Waals surface area contributed by atoms with Crippen LogP contribution in [0, 0.1) is 5.41 Å². The highest BCUT2D eigenvalue weighted by molar-refractivity contribution is 5.92. The summed E-state index contributed by atoms with van der Waals surface area (Å²) in [6, 6.07) is 8.73. The van der Waals surface area contributed by atoms with Crippen molar-refractivity contribution in [2.75, 3.05) is 5.32 Å². The molecule has 0 aliphatic rings. The minimum atomic E-state index is 0.0156. The first kappa shape index (κ1) is 15.8. The molecule has 0 fully saturated rings. The lowest BCUT2D eigenvalue weighted by molar-refractivity contribution is 0.302. The van der Waals surface area contributed by atoms with Gasteiger partial charge in [-0.1, -0.05) is 39.8 Å². The molecule has 0 amide bonds. The summed E-state index contributed by atoms with van der Waals surface area (Å²) in [5.74, 6) is 0.997. The Labute approximate surface area is 129 Å². The van der Waals surface area contributed by atoms with Gasteiger partial charge in [0.1, 0.15) is 5.82 Å². The van der Waals surface area contributed by atoms with Gasteiger partial charge in [-0.2, -0.15) is 0 Å². The predicted molar refractivity (Wildman–Crippen MR) is 92.9 cm³/mol. The van der Waals surface area contributed by atoms with Crippen LogP contribution in [0.2, 0.25) is 0 Å². The summed E-state index contributed by atoms with van der Waals surface area (Å²) in [5.41, 5.74) is 1.66. The number of fused-ring (bicyclic) bond motifs is 1. The fourth-order valence-electron chi connectivity index (χ4n) is 3.23. The maximum absolute atomic E-state index is 4.59. The van der Waals surface area contributed by atoms with Crippen molar-refractivity contribution in [3.63, 3.8) is 0 Å². The van der Waals surface area contributed by atoms with Crippen molar-refractivity contribution in [1.82, 2.24) is 4.98 Å². The van der Waals surface area contributed by atoms with E-state index in [0.29, 0.717) is 0 Å². The van der Waals surface area contributed by atoms with Gasteiger partial charge >= 0.3 is 0 Å². The zero-order chi connectivity index (χ0) is 15.7. The summed E-state index contributed by atoms with van der Waals surface area (Å²) < 4.78 is 0. The molecule has 2 aromatic rings. The molecule has 1 heterocycles. The van der Waals surface area contributed by atoms with Crippen LogP contribution in [0.5, 0.6) is 0 Å². The highest BCUT2D eigenvalue weighted by Gasteiger charge is 2.26. The molecule has 2 rings (SSSR count). The van der Waals surface area contributed by atoms with E-state index in [0.717, 1.165) is 18.7 Å². The lowest BCUT2D eigenvalue weighted by Crippen LogP contribution is -2.35. The third kappa shape index (κ3) is 4.20. The van der Waals surface area contributed by atoms with E-state index >= 15 is 0 Å².